The van der Waals surface area contributed by atoms with Crippen LogP contribution in [0, 0.1) is 11.8 Å². The first kappa shape index (κ1) is 22.0. The van der Waals surface area contributed by atoms with E-state index in [1.807, 2.05) is 0 Å². The van der Waals surface area contributed by atoms with Crippen LogP contribution in [-0.2, 0) is 4.79 Å². The Hall–Kier alpha value is -1.01. The third-order valence-electron chi connectivity index (χ3n) is 3.98. The van der Waals surface area contributed by atoms with Gasteiger partial charge in [0.25, 0.3) is 0 Å². The minimum atomic E-state index is -0.0614. The normalized spacial score (nSPS) is 11.6. The molecule has 0 fully saturated rings. The summed E-state index contributed by atoms with van der Waals surface area (Å²) in [6.45, 7) is 4.36. The van der Waals surface area contributed by atoms with Gasteiger partial charge in [0.15, 0.2) is 0 Å². The highest BCUT2D eigenvalue weighted by molar-refractivity contribution is 5.76. The van der Waals surface area contributed by atoms with Crippen molar-refractivity contribution in [3.8, 4) is 11.8 Å². The summed E-state index contributed by atoms with van der Waals surface area (Å²) in [5, 5.41) is 12.2. The fourth-order valence-corrected chi connectivity index (χ4v) is 2.43. The maximum absolute atomic E-state index is 11.8. The molecule has 0 aromatic carbocycles. The molecule has 0 aliphatic rings. The summed E-state index contributed by atoms with van der Waals surface area (Å²) in [6.07, 6.45) is 13.7. The fourth-order valence-electron chi connectivity index (χ4n) is 2.43. The summed E-state index contributed by atoms with van der Waals surface area (Å²) in [4.78, 5) is 11.8. The highest BCUT2D eigenvalue weighted by Gasteiger charge is 2.10. The Bertz CT molecular complexity index is 330. The van der Waals surface area contributed by atoms with Gasteiger partial charge in [-0.1, -0.05) is 52.4 Å². The van der Waals surface area contributed by atoms with E-state index in [-0.39, 0.29) is 18.6 Å². The number of aliphatic hydroxyl groups is 1. The molecule has 3 heteroatoms. The molecule has 0 spiro atoms. The highest BCUT2D eigenvalue weighted by atomic mass is 16.3. The minimum Gasteiger partial charge on any atom is -0.394 e. The van der Waals surface area contributed by atoms with Crippen molar-refractivity contribution in [3.05, 3.63) is 0 Å². The largest absolute Gasteiger partial charge is 0.394 e. The molecule has 0 radical (unpaired) electrons. The first-order valence-corrected chi connectivity index (χ1v) is 9.60. The zero-order valence-electron chi connectivity index (χ0n) is 15.3. The van der Waals surface area contributed by atoms with Crippen molar-refractivity contribution in [2.45, 2.75) is 103 Å². The maximum atomic E-state index is 11.8. The number of carbonyl (C=O) groups is 1. The van der Waals surface area contributed by atoms with Crippen LogP contribution in [0.4, 0.5) is 0 Å². The summed E-state index contributed by atoms with van der Waals surface area (Å²) in [5.74, 6) is 6.54. The Kier molecular flexibility index (Phi) is 16.6. The second-order valence-corrected chi connectivity index (χ2v) is 6.31. The molecule has 1 amide bonds. The van der Waals surface area contributed by atoms with Gasteiger partial charge in [0.2, 0.25) is 5.91 Å². The van der Waals surface area contributed by atoms with Gasteiger partial charge in [-0.15, -0.1) is 11.8 Å². The third-order valence-corrected chi connectivity index (χ3v) is 3.98. The van der Waals surface area contributed by atoms with Crippen LogP contribution in [0.5, 0.6) is 0 Å². The molecule has 0 aliphatic heterocycles. The zero-order valence-corrected chi connectivity index (χ0v) is 15.3. The van der Waals surface area contributed by atoms with Crippen molar-refractivity contribution in [2.75, 3.05) is 6.61 Å². The van der Waals surface area contributed by atoms with Crippen molar-refractivity contribution in [3.63, 3.8) is 0 Å². The Morgan fingerprint density at radius 1 is 0.913 bits per heavy atom. The van der Waals surface area contributed by atoms with Crippen LogP contribution in [0.3, 0.4) is 0 Å². The second-order valence-electron chi connectivity index (χ2n) is 6.31. The van der Waals surface area contributed by atoms with Crippen molar-refractivity contribution in [2.24, 2.45) is 0 Å². The number of amides is 1. The minimum absolute atomic E-state index is 0.0467. The molecule has 0 aliphatic carbocycles. The van der Waals surface area contributed by atoms with E-state index < -0.39 is 0 Å². The van der Waals surface area contributed by atoms with Crippen LogP contribution >= 0.6 is 0 Å². The lowest BCUT2D eigenvalue weighted by atomic mass is 10.1. The molecule has 1 unspecified atom stereocenters. The molecule has 0 aromatic rings. The first-order chi connectivity index (χ1) is 11.2. The number of hydrogen-bond donors (Lipinski definition) is 2. The third kappa shape index (κ3) is 15.7. The lowest BCUT2D eigenvalue weighted by molar-refractivity contribution is -0.122. The zero-order chi connectivity index (χ0) is 17.2. The smallest absolute Gasteiger partial charge is 0.220 e. The Balaban J connectivity index is 3.45. The topological polar surface area (TPSA) is 49.3 Å². The van der Waals surface area contributed by atoms with E-state index in [9.17, 15) is 9.90 Å². The monoisotopic (exact) mass is 323 g/mol. The van der Waals surface area contributed by atoms with E-state index in [1.165, 1.54) is 32.1 Å². The van der Waals surface area contributed by atoms with Crippen LogP contribution in [0.2, 0.25) is 0 Å². The number of nitrogens with one attached hydrogen (secondary N) is 1. The fraction of sp³-hybridized carbons (Fsp3) is 0.850. The maximum Gasteiger partial charge on any atom is 0.220 e. The SMILES string of the molecule is CCCCC#CCCCCCCCC(=O)NC(CO)CCCC. The Morgan fingerprint density at radius 2 is 1.52 bits per heavy atom. The number of unbranched alkanes of at least 4 members (excludes halogenated alkanes) is 8. The molecule has 0 bridgehead atoms. The Morgan fingerprint density at radius 3 is 2.17 bits per heavy atom. The van der Waals surface area contributed by atoms with Gasteiger partial charge in [0.1, 0.15) is 0 Å². The van der Waals surface area contributed by atoms with Crippen molar-refractivity contribution >= 4 is 5.91 Å². The van der Waals surface area contributed by atoms with Gasteiger partial charge in [-0.05, 0) is 25.7 Å². The van der Waals surface area contributed by atoms with Gasteiger partial charge in [-0.2, -0.15) is 0 Å². The van der Waals surface area contributed by atoms with Gasteiger partial charge < -0.3 is 10.4 Å². The van der Waals surface area contributed by atoms with Crippen LogP contribution < -0.4 is 5.32 Å². The van der Waals surface area contributed by atoms with Crippen LogP contribution in [-0.4, -0.2) is 23.7 Å². The summed E-state index contributed by atoms with van der Waals surface area (Å²) in [6, 6.07) is -0.0614. The molecule has 0 heterocycles. The molecule has 0 aromatic heterocycles. The van der Waals surface area contributed by atoms with Gasteiger partial charge in [0.05, 0.1) is 12.6 Å². The standard InChI is InChI=1S/C20H37NO2/c1-3-5-7-8-9-10-11-12-13-14-15-17-20(23)21-19(18-22)16-6-4-2/h19,22H,3-7,10-18H2,1-2H3,(H,21,23). The van der Waals surface area contributed by atoms with E-state index >= 15 is 0 Å². The molecule has 1 atom stereocenters. The number of hydrogen-bond acceptors (Lipinski definition) is 2. The average molecular weight is 324 g/mol. The molecule has 0 saturated heterocycles. The molecule has 2 N–H and O–H groups in total. The first-order valence-electron chi connectivity index (χ1n) is 9.60. The molecule has 23 heavy (non-hydrogen) atoms. The van der Waals surface area contributed by atoms with Gasteiger partial charge in [-0.25, -0.2) is 0 Å². The number of rotatable bonds is 14. The summed E-state index contributed by atoms with van der Waals surface area (Å²) >= 11 is 0. The van der Waals surface area contributed by atoms with Crippen LogP contribution in [0.1, 0.15) is 97.3 Å². The molecular formula is C20H37NO2. The molecule has 3 nitrogen and oxygen atoms in total. The van der Waals surface area contributed by atoms with Crippen LogP contribution in [0.25, 0.3) is 0 Å². The summed E-state index contributed by atoms with van der Waals surface area (Å²) in [7, 11) is 0. The lowest BCUT2D eigenvalue weighted by Crippen LogP contribution is -2.37. The van der Waals surface area contributed by atoms with E-state index in [4.69, 9.17) is 0 Å². The second kappa shape index (κ2) is 17.3. The van der Waals surface area contributed by atoms with Crippen LogP contribution in [0.15, 0.2) is 0 Å². The lowest BCUT2D eigenvalue weighted by Gasteiger charge is -2.15. The number of aliphatic hydroxyl groups excluding tert-OH is 1. The van der Waals surface area contributed by atoms with E-state index in [1.54, 1.807) is 0 Å². The summed E-state index contributed by atoms with van der Waals surface area (Å²) < 4.78 is 0. The number of carbonyl (C=O) groups excluding carboxylic acids is 1. The quantitative estimate of drug-likeness (QED) is 0.363. The Labute approximate surface area is 143 Å². The summed E-state index contributed by atoms with van der Waals surface area (Å²) in [5.41, 5.74) is 0. The predicted molar refractivity (Wildman–Crippen MR) is 98.2 cm³/mol. The van der Waals surface area contributed by atoms with Crippen molar-refractivity contribution < 1.29 is 9.90 Å². The average Bonchev–Trinajstić information content (AvgIpc) is 2.56. The van der Waals surface area contributed by atoms with Gasteiger partial charge >= 0.3 is 0 Å². The van der Waals surface area contributed by atoms with Gasteiger partial charge in [-0.3, -0.25) is 4.79 Å². The van der Waals surface area contributed by atoms with E-state index in [0.29, 0.717) is 6.42 Å². The molecular weight excluding hydrogens is 286 g/mol. The molecule has 134 valence electrons. The van der Waals surface area contributed by atoms with Crippen molar-refractivity contribution in [1.29, 1.82) is 0 Å². The predicted octanol–water partition coefficient (Wildman–Crippen LogP) is 4.58. The highest BCUT2D eigenvalue weighted by Crippen LogP contribution is 2.07. The molecule has 0 rings (SSSR count). The van der Waals surface area contributed by atoms with Gasteiger partial charge in [0, 0.05) is 19.3 Å². The van der Waals surface area contributed by atoms with E-state index in [2.05, 4.69) is 31.0 Å². The van der Waals surface area contributed by atoms with Crippen molar-refractivity contribution in [1.82, 2.24) is 5.32 Å². The molecule has 0 saturated carbocycles. The van der Waals surface area contributed by atoms with E-state index in [0.717, 1.165) is 44.9 Å².